The molecule has 1 atom stereocenters. The Labute approximate surface area is 169 Å². The molecule has 0 radical (unpaired) electrons. The maximum Gasteiger partial charge on any atom is 0.275 e. The second-order valence-corrected chi connectivity index (χ2v) is 7.80. The summed E-state index contributed by atoms with van der Waals surface area (Å²) < 4.78 is 7.32. The molecule has 0 saturated carbocycles. The van der Waals surface area contributed by atoms with Crippen LogP contribution in [0.25, 0.3) is 10.8 Å². The molecule has 1 amide bonds. The van der Waals surface area contributed by atoms with Gasteiger partial charge in [-0.3, -0.25) is 9.59 Å². The minimum Gasteiger partial charge on any atom is -0.370 e. The zero-order valence-corrected chi connectivity index (χ0v) is 16.7. The second-order valence-electron chi connectivity index (χ2n) is 7.80. The minimum atomic E-state index is -0.165. The van der Waals surface area contributed by atoms with Crippen molar-refractivity contribution in [1.82, 2.24) is 14.7 Å². The number of morpholine rings is 1. The maximum atomic E-state index is 13.4. The van der Waals surface area contributed by atoms with Crippen LogP contribution in [0.1, 0.15) is 36.0 Å². The summed E-state index contributed by atoms with van der Waals surface area (Å²) >= 11 is 0. The van der Waals surface area contributed by atoms with Gasteiger partial charge >= 0.3 is 0 Å². The third-order valence-corrected chi connectivity index (χ3v) is 5.13. The molecule has 4 rings (SSSR count). The molecule has 150 valence electrons. The van der Waals surface area contributed by atoms with E-state index in [9.17, 15) is 9.59 Å². The van der Waals surface area contributed by atoms with Gasteiger partial charge in [0, 0.05) is 18.5 Å². The summed E-state index contributed by atoms with van der Waals surface area (Å²) in [6.45, 7) is 5.95. The van der Waals surface area contributed by atoms with Crippen LogP contribution in [-0.2, 0) is 11.3 Å². The topological polar surface area (TPSA) is 64.4 Å². The summed E-state index contributed by atoms with van der Waals surface area (Å²) in [5.74, 6) is 0.0816. The van der Waals surface area contributed by atoms with Gasteiger partial charge in [-0.2, -0.15) is 5.10 Å². The number of hydrogen-bond acceptors (Lipinski definition) is 4. The molecule has 2 heterocycles. The number of aromatic nitrogens is 2. The highest BCUT2D eigenvalue weighted by molar-refractivity contribution is 6.04. The van der Waals surface area contributed by atoms with Crippen molar-refractivity contribution in [3.63, 3.8) is 0 Å². The van der Waals surface area contributed by atoms with Gasteiger partial charge in [-0.05, 0) is 17.5 Å². The standard InChI is InChI=1S/C23H25N3O3/c1-16(2)14-26-22(27)19-11-7-6-10-18(19)21(24-26)23(28)25-12-13-29-20(15-25)17-8-4-3-5-9-17/h3-11,16,20H,12-15H2,1-2H3. The largest absolute Gasteiger partial charge is 0.370 e. The third kappa shape index (κ3) is 3.93. The van der Waals surface area contributed by atoms with E-state index in [1.165, 1.54) is 4.68 Å². The van der Waals surface area contributed by atoms with Crippen LogP contribution < -0.4 is 5.56 Å². The van der Waals surface area contributed by atoms with Crippen LogP contribution in [0, 0.1) is 5.92 Å². The lowest BCUT2D eigenvalue weighted by molar-refractivity contribution is -0.0230. The molecule has 6 nitrogen and oxygen atoms in total. The SMILES string of the molecule is CC(C)Cn1nc(C(=O)N2CCOC(c3ccccc3)C2)c2ccccc2c1=O. The van der Waals surface area contributed by atoms with Crippen LogP contribution in [0.5, 0.6) is 0 Å². The predicted molar refractivity (Wildman–Crippen MR) is 112 cm³/mol. The summed E-state index contributed by atoms with van der Waals surface area (Å²) in [5, 5.41) is 5.61. The molecule has 0 N–H and O–H groups in total. The fourth-order valence-corrected chi connectivity index (χ4v) is 3.72. The highest BCUT2D eigenvalue weighted by atomic mass is 16.5. The number of rotatable bonds is 4. The predicted octanol–water partition coefficient (Wildman–Crippen LogP) is 3.27. The van der Waals surface area contributed by atoms with E-state index < -0.39 is 0 Å². The average molecular weight is 391 g/mol. The Balaban J connectivity index is 1.71. The lowest BCUT2D eigenvalue weighted by Crippen LogP contribution is -2.43. The van der Waals surface area contributed by atoms with Crippen molar-refractivity contribution in [3.8, 4) is 0 Å². The number of amides is 1. The highest BCUT2D eigenvalue weighted by Crippen LogP contribution is 2.24. The minimum absolute atomic E-state index is 0.157. The molecular formula is C23H25N3O3. The van der Waals surface area contributed by atoms with Crippen molar-refractivity contribution in [2.24, 2.45) is 5.92 Å². The van der Waals surface area contributed by atoms with E-state index in [4.69, 9.17) is 4.74 Å². The second kappa shape index (κ2) is 8.17. The van der Waals surface area contributed by atoms with Crippen molar-refractivity contribution in [2.75, 3.05) is 19.7 Å². The van der Waals surface area contributed by atoms with Gasteiger partial charge < -0.3 is 9.64 Å². The Bertz CT molecular complexity index is 1080. The van der Waals surface area contributed by atoms with Crippen LogP contribution in [-0.4, -0.2) is 40.3 Å². The van der Waals surface area contributed by atoms with Gasteiger partial charge in [-0.15, -0.1) is 0 Å². The van der Waals surface area contributed by atoms with E-state index in [0.29, 0.717) is 42.7 Å². The van der Waals surface area contributed by atoms with Crippen LogP contribution >= 0.6 is 0 Å². The molecule has 1 aromatic heterocycles. The molecule has 3 aromatic rings. The zero-order valence-electron chi connectivity index (χ0n) is 16.7. The first-order valence-corrected chi connectivity index (χ1v) is 10.0. The number of hydrogen-bond donors (Lipinski definition) is 0. The van der Waals surface area contributed by atoms with Crippen molar-refractivity contribution in [1.29, 1.82) is 0 Å². The zero-order chi connectivity index (χ0) is 20.4. The molecule has 6 heteroatoms. The van der Waals surface area contributed by atoms with Gasteiger partial charge in [0.1, 0.15) is 6.10 Å². The maximum absolute atomic E-state index is 13.4. The first-order chi connectivity index (χ1) is 14.0. The number of ether oxygens (including phenoxy) is 1. The normalized spacial score (nSPS) is 17.1. The first-order valence-electron chi connectivity index (χ1n) is 10.0. The van der Waals surface area contributed by atoms with Crippen molar-refractivity contribution in [2.45, 2.75) is 26.5 Å². The van der Waals surface area contributed by atoms with Gasteiger partial charge in [-0.25, -0.2) is 4.68 Å². The van der Waals surface area contributed by atoms with E-state index in [1.807, 2.05) is 56.3 Å². The van der Waals surface area contributed by atoms with Crippen LogP contribution in [0.4, 0.5) is 0 Å². The Kier molecular flexibility index (Phi) is 5.45. The fraction of sp³-hybridized carbons (Fsp3) is 0.348. The van der Waals surface area contributed by atoms with Gasteiger partial charge in [0.25, 0.3) is 11.5 Å². The number of benzene rings is 2. The third-order valence-electron chi connectivity index (χ3n) is 5.13. The van der Waals surface area contributed by atoms with Gasteiger partial charge in [0.15, 0.2) is 5.69 Å². The Morgan fingerprint density at radius 1 is 1.10 bits per heavy atom. The monoisotopic (exact) mass is 391 g/mol. The molecule has 1 saturated heterocycles. The molecule has 2 aromatic carbocycles. The fourth-order valence-electron chi connectivity index (χ4n) is 3.72. The van der Waals surface area contributed by atoms with E-state index in [1.54, 1.807) is 17.0 Å². The van der Waals surface area contributed by atoms with Crippen LogP contribution in [0.15, 0.2) is 59.4 Å². The number of carbonyl (C=O) groups is 1. The van der Waals surface area contributed by atoms with E-state index in [-0.39, 0.29) is 23.5 Å². The van der Waals surface area contributed by atoms with Crippen molar-refractivity contribution in [3.05, 3.63) is 76.2 Å². The Morgan fingerprint density at radius 2 is 1.79 bits per heavy atom. The van der Waals surface area contributed by atoms with Crippen molar-refractivity contribution < 1.29 is 9.53 Å². The summed E-state index contributed by atoms with van der Waals surface area (Å²) in [7, 11) is 0. The molecule has 1 unspecified atom stereocenters. The van der Waals surface area contributed by atoms with Gasteiger partial charge in [0.2, 0.25) is 0 Å². The van der Waals surface area contributed by atoms with E-state index in [0.717, 1.165) is 5.56 Å². The first kappa shape index (κ1) is 19.3. The molecule has 1 aliphatic heterocycles. The van der Waals surface area contributed by atoms with E-state index in [2.05, 4.69) is 5.10 Å². The summed E-state index contributed by atoms with van der Waals surface area (Å²) in [5.41, 5.74) is 1.22. The molecule has 0 bridgehead atoms. The van der Waals surface area contributed by atoms with Crippen LogP contribution in [0.3, 0.4) is 0 Å². The van der Waals surface area contributed by atoms with Crippen LogP contribution in [0.2, 0.25) is 0 Å². The quantitative estimate of drug-likeness (QED) is 0.685. The lowest BCUT2D eigenvalue weighted by atomic mass is 10.1. The highest BCUT2D eigenvalue weighted by Gasteiger charge is 2.28. The summed E-state index contributed by atoms with van der Waals surface area (Å²) in [4.78, 5) is 28.0. The molecule has 29 heavy (non-hydrogen) atoms. The molecule has 0 spiro atoms. The number of carbonyl (C=O) groups excluding carboxylic acids is 1. The van der Waals surface area contributed by atoms with E-state index >= 15 is 0 Å². The van der Waals surface area contributed by atoms with Gasteiger partial charge in [-0.1, -0.05) is 62.4 Å². The summed E-state index contributed by atoms with van der Waals surface area (Å²) in [6.07, 6.45) is -0.165. The molecule has 1 aliphatic rings. The number of fused-ring (bicyclic) bond motifs is 1. The molecule has 0 aliphatic carbocycles. The molecular weight excluding hydrogens is 366 g/mol. The van der Waals surface area contributed by atoms with Crippen molar-refractivity contribution >= 4 is 16.7 Å². The van der Waals surface area contributed by atoms with Gasteiger partial charge in [0.05, 0.1) is 18.5 Å². The summed E-state index contributed by atoms with van der Waals surface area (Å²) in [6, 6.07) is 17.1. The average Bonchev–Trinajstić information content (AvgIpc) is 2.76. The lowest BCUT2D eigenvalue weighted by Gasteiger charge is -2.33. The Hall–Kier alpha value is -2.99. The molecule has 1 fully saturated rings. The smallest absolute Gasteiger partial charge is 0.275 e. The Morgan fingerprint density at radius 3 is 2.52 bits per heavy atom. The number of nitrogens with zero attached hydrogens (tertiary/aromatic N) is 3.